The van der Waals surface area contributed by atoms with Gasteiger partial charge in [-0.25, -0.2) is 9.97 Å². The van der Waals surface area contributed by atoms with E-state index in [9.17, 15) is 13.2 Å². The van der Waals surface area contributed by atoms with Crippen LogP contribution in [-0.2, 0) is 6.18 Å². The molecule has 1 aliphatic rings. The van der Waals surface area contributed by atoms with Gasteiger partial charge >= 0.3 is 6.18 Å². The van der Waals surface area contributed by atoms with Crippen LogP contribution in [0.25, 0.3) is 0 Å². The molecule has 4 nitrogen and oxygen atoms in total. The van der Waals surface area contributed by atoms with Gasteiger partial charge in [0.15, 0.2) is 0 Å². The molecule has 1 aromatic heterocycles. The Hall–Kier alpha value is -1.53. The van der Waals surface area contributed by atoms with Gasteiger partial charge in [0.25, 0.3) is 0 Å². The van der Waals surface area contributed by atoms with Gasteiger partial charge in [-0.15, -0.1) is 0 Å². The maximum Gasteiger partial charge on any atom is 0.451 e. The fourth-order valence-electron chi connectivity index (χ4n) is 2.20. The van der Waals surface area contributed by atoms with E-state index in [1.807, 2.05) is 0 Å². The minimum atomic E-state index is -4.53. The SMILES string of the molecule is CCNc1cc(NC2CCCC2)nc(C(F)(F)F)n1. The van der Waals surface area contributed by atoms with Gasteiger partial charge < -0.3 is 10.6 Å². The Morgan fingerprint density at radius 1 is 1.21 bits per heavy atom. The molecule has 2 N–H and O–H groups in total. The normalized spacial score (nSPS) is 16.6. The fourth-order valence-corrected chi connectivity index (χ4v) is 2.20. The van der Waals surface area contributed by atoms with E-state index in [4.69, 9.17) is 0 Å². The van der Waals surface area contributed by atoms with E-state index in [1.165, 1.54) is 6.07 Å². The van der Waals surface area contributed by atoms with E-state index in [2.05, 4.69) is 20.6 Å². The standard InChI is InChI=1S/C12H17F3N4/c1-2-16-9-7-10(17-8-5-3-4-6-8)19-11(18-9)12(13,14)15/h7-8H,2-6H2,1H3,(H2,16,17,18,19). The first-order valence-corrected chi connectivity index (χ1v) is 6.45. The molecule has 1 fully saturated rings. The average Bonchev–Trinajstić information content (AvgIpc) is 2.81. The van der Waals surface area contributed by atoms with E-state index in [0.29, 0.717) is 6.54 Å². The van der Waals surface area contributed by atoms with Crippen molar-refractivity contribution in [2.45, 2.75) is 44.8 Å². The number of hydrogen-bond donors (Lipinski definition) is 2. The van der Waals surface area contributed by atoms with Crippen molar-refractivity contribution >= 4 is 11.6 Å². The number of halogens is 3. The molecule has 0 saturated heterocycles. The van der Waals surface area contributed by atoms with Gasteiger partial charge in [0, 0.05) is 18.7 Å². The van der Waals surface area contributed by atoms with Gasteiger partial charge in [-0.1, -0.05) is 12.8 Å². The number of nitrogens with zero attached hydrogens (tertiary/aromatic N) is 2. The highest BCUT2D eigenvalue weighted by Gasteiger charge is 2.35. The molecule has 0 spiro atoms. The molecule has 0 aliphatic heterocycles. The van der Waals surface area contributed by atoms with E-state index in [0.717, 1.165) is 25.7 Å². The minimum absolute atomic E-state index is 0.199. The zero-order valence-electron chi connectivity index (χ0n) is 10.7. The van der Waals surface area contributed by atoms with Crippen LogP contribution in [0.5, 0.6) is 0 Å². The highest BCUT2D eigenvalue weighted by molar-refractivity contribution is 5.48. The topological polar surface area (TPSA) is 49.8 Å². The Bertz CT molecular complexity index is 427. The van der Waals surface area contributed by atoms with Gasteiger partial charge in [0.05, 0.1) is 0 Å². The second-order valence-electron chi connectivity index (χ2n) is 4.62. The van der Waals surface area contributed by atoms with Crippen molar-refractivity contribution in [3.8, 4) is 0 Å². The summed E-state index contributed by atoms with van der Waals surface area (Å²) in [5, 5.41) is 5.86. The van der Waals surface area contributed by atoms with E-state index < -0.39 is 12.0 Å². The smallest absolute Gasteiger partial charge is 0.370 e. The Kier molecular flexibility index (Phi) is 4.11. The van der Waals surface area contributed by atoms with Gasteiger partial charge in [-0.2, -0.15) is 13.2 Å². The number of rotatable bonds is 4. The number of alkyl halides is 3. The number of nitrogens with one attached hydrogen (secondary N) is 2. The lowest BCUT2D eigenvalue weighted by Gasteiger charge is -2.15. The summed E-state index contributed by atoms with van der Waals surface area (Å²) < 4.78 is 38.2. The lowest BCUT2D eigenvalue weighted by Crippen LogP contribution is -2.19. The fraction of sp³-hybridized carbons (Fsp3) is 0.667. The van der Waals surface area contributed by atoms with E-state index in [-0.39, 0.29) is 17.7 Å². The Morgan fingerprint density at radius 2 is 1.84 bits per heavy atom. The summed E-state index contributed by atoms with van der Waals surface area (Å²) in [5.74, 6) is -0.665. The summed E-state index contributed by atoms with van der Waals surface area (Å²) in [4.78, 5) is 7.04. The molecule has 7 heteroatoms. The van der Waals surface area contributed by atoms with Crippen LogP contribution in [0.3, 0.4) is 0 Å². The zero-order chi connectivity index (χ0) is 13.9. The van der Waals surface area contributed by atoms with Crippen LogP contribution in [0, 0.1) is 0 Å². The first-order chi connectivity index (χ1) is 8.99. The van der Waals surface area contributed by atoms with Gasteiger partial charge in [-0.3, -0.25) is 0 Å². The van der Waals surface area contributed by atoms with Gasteiger partial charge in [0.1, 0.15) is 11.6 Å². The highest BCUT2D eigenvalue weighted by Crippen LogP contribution is 2.29. The lowest BCUT2D eigenvalue weighted by molar-refractivity contribution is -0.144. The molecular weight excluding hydrogens is 257 g/mol. The van der Waals surface area contributed by atoms with Crippen LogP contribution >= 0.6 is 0 Å². The molecule has 19 heavy (non-hydrogen) atoms. The molecule has 0 aromatic carbocycles. The molecular formula is C12H17F3N4. The number of anilines is 2. The third-order valence-corrected chi connectivity index (χ3v) is 3.04. The summed E-state index contributed by atoms with van der Waals surface area (Å²) in [6.45, 7) is 2.32. The van der Waals surface area contributed by atoms with Crippen LogP contribution in [0.1, 0.15) is 38.4 Å². The predicted octanol–water partition coefficient (Wildman–Crippen LogP) is 3.28. The molecule has 0 bridgehead atoms. The van der Waals surface area contributed by atoms with Crippen molar-refractivity contribution in [3.05, 3.63) is 11.9 Å². The predicted molar refractivity (Wildman–Crippen MR) is 67.1 cm³/mol. The van der Waals surface area contributed by atoms with Crippen molar-refractivity contribution in [1.82, 2.24) is 9.97 Å². The Labute approximate surface area is 109 Å². The van der Waals surface area contributed by atoms with Crippen LogP contribution in [0.2, 0.25) is 0 Å². The molecule has 1 heterocycles. The molecule has 0 unspecified atom stereocenters. The Balaban J connectivity index is 2.22. The molecule has 2 rings (SSSR count). The van der Waals surface area contributed by atoms with Crippen molar-refractivity contribution < 1.29 is 13.2 Å². The number of hydrogen-bond acceptors (Lipinski definition) is 4. The number of aromatic nitrogens is 2. The molecule has 0 atom stereocenters. The molecule has 0 radical (unpaired) electrons. The summed E-state index contributed by atoms with van der Waals surface area (Å²) in [6, 6.07) is 1.74. The lowest BCUT2D eigenvalue weighted by atomic mass is 10.2. The van der Waals surface area contributed by atoms with Crippen LogP contribution < -0.4 is 10.6 Å². The van der Waals surface area contributed by atoms with E-state index in [1.54, 1.807) is 6.92 Å². The van der Waals surface area contributed by atoms with Gasteiger partial charge in [0.2, 0.25) is 5.82 Å². The van der Waals surface area contributed by atoms with Crippen LogP contribution in [-0.4, -0.2) is 22.6 Å². The summed E-state index contributed by atoms with van der Waals surface area (Å²) in [6.07, 6.45) is -0.370. The van der Waals surface area contributed by atoms with Crippen molar-refractivity contribution in [3.63, 3.8) is 0 Å². The quantitative estimate of drug-likeness (QED) is 0.884. The van der Waals surface area contributed by atoms with Crippen LogP contribution in [0.15, 0.2) is 6.07 Å². The second kappa shape index (κ2) is 5.63. The van der Waals surface area contributed by atoms with E-state index >= 15 is 0 Å². The molecule has 1 aliphatic carbocycles. The summed E-state index contributed by atoms with van der Waals surface area (Å²) in [7, 11) is 0. The zero-order valence-corrected chi connectivity index (χ0v) is 10.7. The molecule has 0 amide bonds. The highest BCUT2D eigenvalue weighted by atomic mass is 19.4. The third-order valence-electron chi connectivity index (χ3n) is 3.04. The average molecular weight is 274 g/mol. The molecule has 1 aromatic rings. The van der Waals surface area contributed by atoms with Crippen molar-refractivity contribution in [2.24, 2.45) is 0 Å². The first-order valence-electron chi connectivity index (χ1n) is 6.45. The Morgan fingerprint density at radius 3 is 2.42 bits per heavy atom. The second-order valence-corrected chi connectivity index (χ2v) is 4.62. The molecule has 1 saturated carbocycles. The maximum atomic E-state index is 12.7. The third kappa shape index (κ3) is 3.71. The largest absolute Gasteiger partial charge is 0.451 e. The minimum Gasteiger partial charge on any atom is -0.370 e. The van der Waals surface area contributed by atoms with Crippen LogP contribution in [0.4, 0.5) is 24.8 Å². The summed E-state index contributed by atoms with van der Waals surface area (Å²) in [5.41, 5.74) is 0. The molecule has 106 valence electrons. The summed E-state index contributed by atoms with van der Waals surface area (Å²) >= 11 is 0. The first kappa shape index (κ1) is 13.9. The monoisotopic (exact) mass is 274 g/mol. The maximum absolute atomic E-state index is 12.7. The van der Waals surface area contributed by atoms with Gasteiger partial charge in [-0.05, 0) is 19.8 Å². The van der Waals surface area contributed by atoms with Crippen molar-refractivity contribution in [2.75, 3.05) is 17.2 Å². The van der Waals surface area contributed by atoms with Crippen molar-refractivity contribution in [1.29, 1.82) is 0 Å².